The molecule has 8 nitrogen and oxygen atoms in total. The predicted octanol–water partition coefficient (Wildman–Crippen LogP) is 4.04. The Morgan fingerprint density at radius 2 is 1.34 bits per heavy atom. The fourth-order valence-corrected chi connectivity index (χ4v) is 5.56. The third-order valence-corrected chi connectivity index (χ3v) is 7.50. The Bertz CT molecular complexity index is 1200. The number of carbonyl (C=O) groups is 2. The van der Waals surface area contributed by atoms with E-state index in [4.69, 9.17) is 4.74 Å². The van der Waals surface area contributed by atoms with Crippen LogP contribution in [0.25, 0.3) is 0 Å². The van der Waals surface area contributed by atoms with Gasteiger partial charge in [-0.15, -0.1) is 0 Å². The highest BCUT2D eigenvalue weighted by molar-refractivity contribution is 5.93. The number of hydrogen-bond acceptors (Lipinski definition) is 6. The average molecular weight is 514 g/mol. The van der Waals surface area contributed by atoms with Gasteiger partial charge in [0, 0.05) is 43.6 Å². The third kappa shape index (κ3) is 4.50. The highest BCUT2D eigenvalue weighted by Gasteiger charge is 2.49. The topological polar surface area (TPSA) is 68.4 Å². The molecule has 2 saturated heterocycles. The second-order valence-corrected chi connectivity index (χ2v) is 9.92. The lowest BCUT2D eigenvalue weighted by Crippen LogP contribution is -2.60. The molecule has 5 rings (SSSR count). The van der Waals surface area contributed by atoms with E-state index in [1.807, 2.05) is 86.6 Å². The summed E-state index contributed by atoms with van der Waals surface area (Å²) >= 11 is 0. The van der Waals surface area contributed by atoms with Gasteiger partial charge in [0.25, 0.3) is 0 Å². The molecule has 0 atom stereocenters. The first-order valence-corrected chi connectivity index (χ1v) is 13.1. The van der Waals surface area contributed by atoms with Crippen molar-refractivity contribution < 1.29 is 14.3 Å². The number of ether oxygens (including phenoxy) is 1. The number of nitrogens with one attached hydrogen (secondary N) is 1. The van der Waals surface area contributed by atoms with E-state index in [9.17, 15) is 9.59 Å². The molecule has 0 saturated carbocycles. The summed E-state index contributed by atoms with van der Waals surface area (Å²) in [6.45, 7) is 7.30. The SMILES string of the molecule is COC(=O)C(c1ccccc1)(c1ccccc1)N1CCN(c2ccc(N3CNN(C(C)C)C3=O)cc2)CC1. The van der Waals surface area contributed by atoms with Gasteiger partial charge in [0.15, 0.2) is 5.54 Å². The monoisotopic (exact) mass is 513 g/mol. The first-order valence-electron chi connectivity index (χ1n) is 13.1. The average Bonchev–Trinajstić information content (AvgIpc) is 3.36. The Labute approximate surface area is 224 Å². The zero-order valence-corrected chi connectivity index (χ0v) is 22.2. The number of carbonyl (C=O) groups excluding carboxylic acids is 2. The summed E-state index contributed by atoms with van der Waals surface area (Å²) in [7, 11) is 1.46. The van der Waals surface area contributed by atoms with Gasteiger partial charge < -0.3 is 9.64 Å². The Kier molecular flexibility index (Phi) is 7.35. The second-order valence-electron chi connectivity index (χ2n) is 9.92. The van der Waals surface area contributed by atoms with E-state index in [1.165, 1.54) is 7.11 Å². The molecule has 198 valence electrons. The van der Waals surface area contributed by atoms with Crippen LogP contribution in [0.5, 0.6) is 0 Å². The second kappa shape index (κ2) is 10.8. The first-order chi connectivity index (χ1) is 18.5. The van der Waals surface area contributed by atoms with Crippen LogP contribution in [0.4, 0.5) is 16.2 Å². The molecule has 3 aromatic rings. The van der Waals surface area contributed by atoms with Crippen molar-refractivity contribution in [3.05, 3.63) is 96.1 Å². The van der Waals surface area contributed by atoms with Gasteiger partial charge in [-0.3, -0.25) is 14.8 Å². The van der Waals surface area contributed by atoms with Crippen LogP contribution >= 0.6 is 0 Å². The van der Waals surface area contributed by atoms with Crippen LogP contribution in [0.2, 0.25) is 0 Å². The number of rotatable bonds is 7. The highest BCUT2D eigenvalue weighted by Crippen LogP contribution is 2.38. The standard InChI is InChI=1S/C30H35N5O3/c1-23(2)35-29(37)34(22-31-35)27-16-14-26(15-17-27)32-18-20-33(21-19-32)30(28(36)38-3,24-10-6-4-7-11-24)25-12-8-5-9-13-25/h4-17,23,31H,18-22H2,1-3H3. The summed E-state index contributed by atoms with van der Waals surface area (Å²) < 4.78 is 5.45. The summed E-state index contributed by atoms with van der Waals surface area (Å²) in [6, 6.07) is 28.0. The van der Waals surface area contributed by atoms with Crippen LogP contribution < -0.4 is 15.2 Å². The van der Waals surface area contributed by atoms with Crippen molar-refractivity contribution in [3.63, 3.8) is 0 Å². The Balaban J connectivity index is 1.37. The highest BCUT2D eigenvalue weighted by atomic mass is 16.5. The molecule has 3 aromatic carbocycles. The first kappa shape index (κ1) is 25.8. The number of hydrazine groups is 1. The fourth-order valence-electron chi connectivity index (χ4n) is 5.56. The van der Waals surface area contributed by atoms with E-state index in [1.54, 1.807) is 9.91 Å². The lowest BCUT2D eigenvalue weighted by molar-refractivity contribution is -0.153. The van der Waals surface area contributed by atoms with Gasteiger partial charge in [0.1, 0.15) is 0 Å². The van der Waals surface area contributed by atoms with E-state index in [2.05, 4.69) is 27.4 Å². The predicted molar refractivity (Wildman–Crippen MR) is 149 cm³/mol. The van der Waals surface area contributed by atoms with Gasteiger partial charge in [-0.2, -0.15) is 0 Å². The number of hydrogen-bond donors (Lipinski definition) is 1. The summed E-state index contributed by atoms with van der Waals surface area (Å²) in [6.07, 6.45) is 0. The van der Waals surface area contributed by atoms with Gasteiger partial charge in [-0.25, -0.2) is 15.0 Å². The molecule has 0 spiro atoms. The number of benzene rings is 3. The third-order valence-electron chi connectivity index (χ3n) is 7.50. The zero-order valence-electron chi connectivity index (χ0n) is 22.2. The number of nitrogens with zero attached hydrogens (tertiary/aromatic N) is 4. The van der Waals surface area contributed by atoms with Crippen LogP contribution in [0, 0.1) is 0 Å². The molecule has 0 bridgehead atoms. The van der Waals surface area contributed by atoms with E-state index in [0.29, 0.717) is 19.8 Å². The largest absolute Gasteiger partial charge is 0.467 e. The minimum atomic E-state index is -1.03. The van der Waals surface area contributed by atoms with E-state index < -0.39 is 5.54 Å². The quantitative estimate of drug-likeness (QED) is 0.481. The van der Waals surface area contributed by atoms with Crippen LogP contribution in [0.15, 0.2) is 84.9 Å². The summed E-state index contributed by atoms with van der Waals surface area (Å²) in [4.78, 5) is 32.6. The number of piperazine rings is 1. The molecular weight excluding hydrogens is 478 g/mol. The van der Waals surface area contributed by atoms with Gasteiger partial charge in [0.05, 0.1) is 13.8 Å². The van der Waals surface area contributed by atoms with Gasteiger partial charge in [-0.05, 0) is 49.2 Å². The van der Waals surface area contributed by atoms with Crippen LogP contribution in [-0.2, 0) is 15.1 Å². The fraction of sp³-hybridized carbons (Fsp3) is 0.333. The summed E-state index contributed by atoms with van der Waals surface area (Å²) in [5, 5.41) is 1.65. The number of amides is 2. The van der Waals surface area contributed by atoms with Crippen molar-refractivity contribution in [1.29, 1.82) is 0 Å². The normalized spacial score (nSPS) is 16.8. The van der Waals surface area contributed by atoms with Crippen LogP contribution in [0.1, 0.15) is 25.0 Å². The van der Waals surface area contributed by atoms with Crippen molar-refractivity contribution in [2.75, 3.05) is 49.8 Å². The smallest absolute Gasteiger partial charge is 0.340 e. The molecule has 0 aromatic heterocycles. The maximum absolute atomic E-state index is 13.6. The number of urea groups is 1. The molecule has 1 N–H and O–H groups in total. The van der Waals surface area contributed by atoms with E-state index in [0.717, 1.165) is 35.6 Å². The Hall–Kier alpha value is -3.88. The number of anilines is 2. The summed E-state index contributed by atoms with van der Waals surface area (Å²) in [5.74, 6) is -0.285. The molecular formula is C30H35N5O3. The molecule has 2 fully saturated rings. The zero-order chi connectivity index (χ0) is 26.7. The van der Waals surface area contributed by atoms with Crippen molar-refractivity contribution in [2.45, 2.75) is 25.4 Å². The van der Waals surface area contributed by atoms with Crippen molar-refractivity contribution >= 4 is 23.4 Å². The maximum Gasteiger partial charge on any atom is 0.340 e. The molecule has 0 unspecified atom stereocenters. The molecule has 2 amide bonds. The minimum Gasteiger partial charge on any atom is -0.467 e. The van der Waals surface area contributed by atoms with Crippen molar-refractivity contribution in [1.82, 2.24) is 15.3 Å². The van der Waals surface area contributed by atoms with E-state index in [-0.39, 0.29) is 18.0 Å². The molecule has 2 heterocycles. The molecule has 0 aliphatic carbocycles. The maximum atomic E-state index is 13.6. The Morgan fingerprint density at radius 3 is 1.82 bits per heavy atom. The van der Waals surface area contributed by atoms with Crippen molar-refractivity contribution in [3.8, 4) is 0 Å². The van der Waals surface area contributed by atoms with Gasteiger partial charge in [0.2, 0.25) is 0 Å². The molecule has 2 aliphatic heterocycles. The van der Waals surface area contributed by atoms with Gasteiger partial charge in [-0.1, -0.05) is 60.7 Å². The molecule has 8 heteroatoms. The molecule has 2 aliphatic rings. The molecule has 38 heavy (non-hydrogen) atoms. The number of methoxy groups -OCH3 is 1. The van der Waals surface area contributed by atoms with E-state index >= 15 is 0 Å². The number of esters is 1. The Morgan fingerprint density at radius 1 is 0.816 bits per heavy atom. The lowest BCUT2D eigenvalue weighted by Gasteiger charge is -2.46. The van der Waals surface area contributed by atoms with Gasteiger partial charge >= 0.3 is 12.0 Å². The molecule has 0 radical (unpaired) electrons. The van der Waals surface area contributed by atoms with Crippen LogP contribution in [-0.4, -0.2) is 67.9 Å². The minimum absolute atomic E-state index is 0.0395. The lowest BCUT2D eigenvalue weighted by atomic mass is 9.80. The summed E-state index contributed by atoms with van der Waals surface area (Å²) in [5.41, 5.74) is 5.88. The van der Waals surface area contributed by atoms with Crippen LogP contribution in [0.3, 0.4) is 0 Å². The van der Waals surface area contributed by atoms with Crippen molar-refractivity contribution in [2.24, 2.45) is 0 Å².